The quantitative estimate of drug-likeness (QED) is 0.608. The Kier molecular flexibility index (Phi) is 1.51. The summed E-state index contributed by atoms with van der Waals surface area (Å²) in [7, 11) is 0. The van der Waals surface area contributed by atoms with Crippen LogP contribution in [0.4, 0.5) is 11.5 Å². The molecular formula is C8H9N5. The average molecular weight is 175 g/mol. The maximum Gasteiger partial charge on any atom is 0.165 e. The zero-order valence-electron chi connectivity index (χ0n) is 7.15. The van der Waals surface area contributed by atoms with Gasteiger partial charge in [0.25, 0.3) is 0 Å². The van der Waals surface area contributed by atoms with Crippen LogP contribution >= 0.6 is 0 Å². The number of nitrogen functional groups attached to an aromatic ring is 2. The molecule has 2 aromatic rings. The molecular weight excluding hydrogens is 166 g/mol. The topological polar surface area (TPSA) is 90.7 Å². The van der Waals surface area contributed by atoms with Crippen molar-refractivity contribution in [3.63, 3.8) is 0 Å². The summed E-state index contributed by atoms with van der Waals surface area (Å²) >= 11 is 0. The first-order valence-electron chi connectivity index (χ1n) is 3.82. The van der Waals surface area contributed by atoms with E-state index >= 15 is 0 Å². The molecule has 66 valence electrons. The molecule has 0 atom stereocenters. The predicted molar refractivity (Wildman–Crippen MR) is 50.9 cm³/mol. The van der Waals surface area contributed by atoms with E-state index in [4.69, 9.17) is 11.5 Å². The second-order valence-corrected chi connectivity index (χ2v) is 2.80. The van der Waals surface area contributed by atoms with Crippen molar-refractivity contribution in [3.05, 3.63) is 18.1 Å². The Balaban J connectivity index is 2.87. The highest BCUT2D eigenvalue weighted by Gasteiger charge is 2.03. The van der Waals surface area contributed by atoms with E-state index in [-0.39, 0.29) is 0 Å². The summed E-state index contributed by atoms with van der Waals surface area (Å²) in [5.41, 5.74) is 12.4. The van der Waals surface area contributed by atoms with Gasteiger partial charge in [-0.1, -0.05) is 0 Å². The number of hydrogen-bond donors (Lipinski definition) is 2. The number of nitrogens with zero attached hydrogens (tertiary/aromatic N) is 3. The fourth-order valence-electron chi connectivity index (χ4n) is 1.16. The number of anilines is 2. The summed E-state index contributed by atoms with van der Waals surface area (Å²) in [5, 5.41) is 0.700. The molecule has 0 aliphatic rings. The summed E-state index contributed by atoms with van der Waals surface area (Å²) in [6, 6.07) is 1.72. The third-order valence-electron chi connectivity index (χ3n) is 1.71. The molecule has 0 radical (unpaired) electrons. The van der Waals surface area contributed by atoms with Crippen molar-refractivity contribution in [2.24, 2.45) is 0 Å². The molecule has 0 aromatic carbocycles. The van der Waals surface area contributed by atoms with Crippen LogP contribution in [0.3, 0.4) is 0 Å². The van der Waals surface area contributed by atoms with E-state index in [1.165, 1.54) is 0 Å². The molecule has 13 heavy (non-hydrogen) atoms. The number of hydrogen-bond acceptors (Lipinski definition) is 5. The van der Waals surface area contributed by atoms with Gasteiger partial charge < -0.3 is 11.5 Å². The van der Waals surface area contributed by atoms with Crippen molar-refractivity contribution in [1.29, 1.82) is 0 Å². The number of aromatic nitrogens is 3. The molecule has 0 saturated carbocycles. The Morgan fingerprint density at radius 1 is 1.23 bits per heavy atom. The Labute approximate surface area is 74.8 Å². The Morgan fingerprint density at radius 2 is 2.00 bits per heavy atom. The third kappa shape index (κ3) is 1.24. The molecule has 0 aliphatic heterocycles. The molecule has 5 heteroatoms. The summed E-state index contributed by atoms with van der Waals surface area (Å²) in [5.74, 6) is 1.03. The number of fused-ring (bicyclic) bond motifs is 1. The third-order valence-corrected chi connectivity index (χ3v) is 1.71. The van der Waals surface area contributed by atoms with Gasteiger partial charge in [-0.25, -0.2) is 15.0 Å². The van der Waals surface area contributed by atoms with Gasteiger partial charge in [-0.15, -0.1) is 0 Å². The van der Waals surface area contributed by atoms with E-state index < -0.39 is 0 Å². The zero-order chi connectivity index (χ0) is 9.42. The SMILES string of the molecule is Cc1nc(N)c2cc(N)cnc2n1. The van der Waals surface area contributed by atoms with Gasteiger partial charge in [0.2, 0.25) is 0 Å². The van der Waals surface area contributed by atoms with Crippen LogP contribution in [0.25, 0.3) is 11.0 Å². The average Bonchev–Trinajstić information content (AvgIpc) is 2.06. The van der Waals surface area contributed by atoms with Crippen LogP contribution in [0.1, 0.15) is 5.82 Å². The van der Waals surface area contributed by atoms with Crippen molar-refractivity contribution >= 4 is 22.5 Å². The van der Waals surface area contributed by atoms with E-state index in [9.17, 15) is 0 Å². The lowest BCUT2D eigenvalue weighted by Crippen LogP contribution is -1.99. The van der Waals surface area contributed by atoms with Crippen LogP contribution in [0.15, 0.2) is 12.3 Å². The molecule has 0 aliphatic carbocycles. The predicted octanol–water partition coefficient (Wildman–Crippen LogP) is 0.498. The van der Waals surface area contributed by atoms with E-state index in [0.29, 0.717) is 28.4 Å². The Morgan fingerprint density at radius 3 is 2.77 bits per heavy atom. The minimum atomic E-state index is 0.419. The maximum absolute atomic E-state index is 5.68. The molecule has 2 rings (SSSR count). The molecule has 5 nitrogen and oxygen atoms in total. The molecule has 2 heterocycles. The number of pyridine rings is 1. The monoisotopic (exact) mass is 175 g/mol. The van der Waals surface area contributed by atoms with Gasteiger partial charge >= 0.3 is 0 Å². The van der Waals surface area contributed by atoms with E-state index in [1.54, 1.807) is 19.2 Å². The largest absolute Gasteiger partial charge is 0.397 e. The lowest BCUT2D eigenvalue weighted by molar-refractivity contribution is 1.08. The number of nitrogens with two attached hydrogens (primary N) is 2. The highest BCUT2D eigenvalue weighted by atomic mass is 15.0. The lowest BCUT2D eigenvalue weighted by atomic mass is 10.3. The molecule has 4 N–H and O–H groups in total. The first-order chi connectivity index (χ1) is 6.16. The second kappa shape index (κ2) is 2.55. The van der Waals surface area contributed by atoms with Gasteiger partial charge in [0.1, 0.15) is 11.6 Å². The van der Waals surface area contributed by atoms with Crippen molar-refractivity contribution in [2.45, 2.75) is 6.92 Å². The van der Waals surface area contributed by atoms with Crippen molar-refractivity contribution < 1.29 is 0 Å². The molecule has 0 amide bonds. The first-order valence-corrected chi connectivity index (χ1v) is 3.82. The van der Waals surface area contributed by atoms with Crippen LogP contribution in [0, 0.1) is 6.92 Å². The fourth-order valence-corrected chi connectivity index (χ4v) is 1.16. The molecule has 0 unspecified atom stereocenters. The number of aryl methyl sites for hydroxylation is 1. The standard InChI is InChI=1S/C8H9N5/c1-4-12-7(10)6-2-5(9)3-11-8(6)13-4/h2-3H,9H2,1H3,(H2,10,11,12,13). The number of rotatable bonds is 0. The van der Waals surface area contributed by atoms with E-state index in [2.05, 4.69) is 15.0 Å². The van der Waals surface area contributed by atoms with Gasteiger partial charge in [0.15, 0.2) is 5.65 Å². The van der Waals surface area contributed by atoms with Crippen LogP contribution < -0.4 is 11.5 Å². The molecule has 2 aromatic heterocycles. The Hall–Kier alpha value is -1.91. The van der Waals surface area contributed by atoms with Gasteiger partial charge in [-0.3, -0.25) is 0 Å². The molecule has 0 saturated heterocycles. The Bertz CT molecular complexity index is 465. The van der Waals surface area contributed by atoms with Gasteiger partial charge in [0, 0.05) is 0 Å². The van der Waals surface area contributed by atoms with Crippen LogP contribution in [-0.4, -0.2) is 15.0 Å². The van der Waals surface area contributed by atoms with E-state index in [1.807, 2.05) is 0 Å². The molecule has 0 fully saturated rings. The second-order valence-electron chi connectivity index (χ2n) is 2.80. The van der Waals surface area contributed by atoms with Crippen molar-refractivity contribution in [1.82, 2.24) is 15.0 Å². The van der Waals surface area contributed by atoms with Crippen molar-refractivity contribution in [2.75, 3.05) is 11.5 Å². The van der Waals surface area contributed by atoms with Crippen LogP contribution in [0.5, 0.6) is 0 Å². The van der Waals surface area contributed by atoms with Crippen LogP contribution in [0.2, 0.25) is 0 Å². The van der Waals surface area contributed by atoms with Crippen LogP contribution in [-0.2, 0) is 0 Å². The first kappa shape index (κ1) is 7.72. The highest BCUT2D eigenvalue weighted by molar-refractivity contribution is 5.87. The lowest BCUT2D eigenvalue weighted by Gasteiger charge is -2.01. The minimum Gasteiger partial charge on any atom is -0.397 e. The fraction of sp³-hybridized carbons (Fsp3) is 0.125. The zero-order valence-corrected chi connectivity index (χ0v) is 7.15. The smallest absolute Gasteiger partial charge is 0.165 e. The van der Waals surface area contributed by atoms with Crippen molar-refractivity contribution in [3.8, 4) is 0 Å². The van der Waals surface area contributed by atoms with Gasteiger partial charge in [-0.2, -0.15) is 0 Å². The molecule has 0 spiro atoms. The minimum absolute atomic E-state index is 0.419. The van der Waals surface area contributed by atoms with Gasteiger partial charge in [-0.05, 0) is 13.0 Å². The molecule has 0 bridgehead atoms. The maximum atomic E-state index is 5.68. The summed E-state index contributed by atoms with van der Waals surface area (Å²) in [6.07, 6.45) is 1.55. The normalized spacial score (nSPS) is 10.5. The highest BCUT2D eigenvalue weighted by Crippen LogP contribution is 2.17. The van der Waals surface area contributed by atoms with Gasteiger partial charge in [0.05, 0.1) is 17.3 Å². The summed E-state index contributed by atoms with van der Waals surface area (Å²) in [4.78, 5) is 12.2. The van der Waals surface area contributed by atoms with E-state index in [0.717, 1.165) is 0 Å². The summed E-state index contributed by atoms with van der Waals surface area (Å²) < 4.78 is 0. The summed E-state index contributed by atoms with van der Waals surface area (Å²) in [6.45, 7) is 1.77.